The third-order valence-electron chi connectivity index (χ3n) is 5.94. The number of carboxylic acid groups (broad SMARTS) is 1. The van der Waals surface area contributed by atoms with Gasteiger partial charge in [-0.05, 0) is 47.7 Å². The molecule has 0 saturated heterocycles. The number of fused-ring (bicyclic) bond motifs is 1. The van der Waals surface area contributed by atoms with Gasteiger partial charge in [-0.25, -0.2) is 4.79 Å². The summed E-state index contributed by atoms with van der Waals surface area (Å²) < 4.78 is 31.7. The van der Waals surface area contributed by atoms with Gasteiger partial charge in [0.15, 0.2) is 0 Å². The molecular weight excluding hydrogens is 513 g/mol. The van der Waals surface area contributed by atoms with E-state index in [0.29, 0.717) is 32.4 Å². The van der Waals surface area contributed by atoms with Gasteiger partial charge in [-0.1, -0.05) is 72.8 Å². The van der Waals surface area contributed by atoms with Crippen LogP contribution in [0.4, 0.5) is 13.2 Å². The number of carbonyl (C=O) groups is 3. The molecule has 2 atom stereocenters. The molecule has 0 spiro atoms. The number of rotatable bonds is 10. The molecule has 6 N–H and O–H groups in total. The Balaban J connectivity index is 0.000000673. The van der Waals surface area contributed by atoms with Gasteiger partial charge in [-0.2, -0.15) is 13.2 Å². The fourth-order valence-corrected chi connectivity index (χ4v) is 3.84. The van der Waals surface area contributed by atoms with Crippen molar-refractivity contribution >= 4 is 28.6 Å². The molecule has 0 aliphatic rings. The van der Waals surface area contributed by atoms with Gasteiger partial charge >= 0.3 is 12.1 Å². The van der Waals surface area contributed by atoms with Gasteiger partial charge in [-0.15, -0.1) is 0 Å². The molecule has 2 amide bonds. The van der Waals surface area contributed by atoms with E-state index in [-0.39, 0.29) is 11.8 Å². The number of hydrogen-bond acceptors (Lipinski definition) is 5. The summed E-state index contributed by atoms with van der Waals surface area (Å²) in [5, 5.41) is 12.3. The number of halogens is 3. The number of hydrogen-bond donors (Lipinski definition) is 4. The van der Waals surface area contributed by atoms with Crippen LogP contribution < -0.4 is 16.8 Å². The number of aliphatic carboxylic acids is 1. The second-order valence-electron chi connectivity index (χ2n) is 8.89. The molecule has 2 unspecified atom stereocenters. The monoisotopic (exact) mass is 546 g/mol. The molecule has 3 aromatic rings. The Kier molecular flexibility index (Phi) is 11.9. The average molecular weight is 547 g/mol. The van der Waals surface area contributed by atoms with E-state index >= 15 is 0 Å². The van der Waals surface area contributed by atoms with E-state index in [1.54, 1.807) is 7.05 Å². The minimum Gasteiger partial charge on any atom is -0.475 e. The number of benzene rings is 3. The minimum atomic E-state index is -5.08. The Morgan fingerprint density at radius 1 is 0.949 bits per heavy atom. The minimum absolute atomic E-state index is 0.198. The Hall–Kier alpha value is -3.96. The summed E-state index contributed by atoms with van der Waals surface area (Å²) in [6.07, 6.45) is -3.55. The van der Waals surface area contributed by atoms with Crippen molar-refractivity contribution in [2.45, 2.75) is 44.1 Å². The second-order valence-corrected chi connectivity index (χ2v) is 8.89. The predicted molar refractivity (Wildman–Crippen MR) is 142 cm³/mol. The van der Waals surface area contributed by atoms with Crippen molar-refractivity contribution in [3.63, 3.8) is 0 Å². The average Bonchev–Trinajstić information content (AvgIpc) is 2.91. The van der Waals surface area contributed by atoms with E-state index in [9.17, 15) is 22.8 Å². The molecule has 39 heavy (non-hydrogen) atoms. The summed E-state index contributed by atoms with van der Waals surface area (Å²) in [5.41, 5.74) is 13.9. The van der Waals surface area contributed by atoms with Crippen LogP contribution in [0.2, 0.25) is 0 Å². The van der Waals surface area contributed by atoms with E-state index in [4.69, 9.17) is 21.4 Å². The molecule has 3 aromatic carbocycles. The highest BCUT2D eigenvalue weighted by Gasteiger charge is 2.38. The molecular formula is C28H33F3N4O4. The molecule has 210 valence electrons. The molecule has 0 radical (unpaired) electrons. The maximum absolute atomic E-state index is 13.1. The van der Waals surface area contributed by atoms with Crippen molar-refractivity contribution in [1.82, 2.24) is 10.2 Å². The molecule has 0 bridgehead atoms. The first-order valence-electron chi connectivity index (χ1n) is 12.3. The highest BCUT2D eigenvalue weighted by Crippen LogP contribution is 2.17. The van der Waals surface area contributed by atoms with Crippen molar-refractivity contribution in [2.75, 3.05) is 13.6 Å². The van der Waals surface area contributed by atoms with Crippen molar-refractivity contribution in [3.05, 3.63) is 83.9 Å². The molecule has 3 rings (SSSR count). The van der Waals surface area contributed by atoms with Gasteiger partial charge in [0.2, 0.25) is 11.8 Å². The third kappa shape index (κ3) is 10.0. The number of alkyl halides is 3. The SMILES string of the molecule is CN(C(=O)C(N)Cc1ccc2ccccc2c1)C(CCCN)C(=O)NCc1ccccc1.O=C(O)C(F)(F)F. The summed E-state index contributed by atoms with van der Waals surface area (Å²) in [5.74, 6) is -3.21. The fraction of sp³-hybridized carbons (Fsp3) is 0.321. The largest absolute Gasteiger partial charge is 0.490 e. The fourth-order valence-electron chi connectivity index (χ4n) is 3.84. The molecule has 11 heteroatoms. The van der Waals surface area contributed by atoms with Crippen LogP contribution in [0.3, 0.4) is 0 Å². The van der Waals surface area contributed by atoms with Gasteiger partial charge in [0.05, 0.1) is 6.04 Å². The first kappa shape index (κ1) is 31.3. The number of nitrogens with zero attached hydrogens (tertiary/aromatic N) is 1. The Morgan fingerprint density at radius 2 is 1.54 bits per heavy atom. The molecule has 0 aromatic heterocycles. The third-order valence-corrected chi connectivity index (χ3v) is 5.94. The zero-order chi connectivity index (χ0) is 29.0. The highest BCUT2D eigenvalue weighted by atomic mass is 19.4. The van der Waals surface area contributed by atoms with Gasteiger partial charge in [-0.3, -0.25) is 9.59 Å². The molecule has 0 aliphatic heterocycles. The lowest BCUT2D eigenvalue weighted by Gasteiger charge is -2.29. The topological polar surface area (TPSA) is 139 Å². The number of carboxylic acids is 1. The molecule has 0 saturated carbocycles. The van der Waals surface area contributed by atoms with E-state index in [1.165, 1.54) is 4.90 Å². The van der Waals surface area contributed by atoms with Crippen LogP contribution in [0.15, 0.2) is 72.8 Å². The second kappa shape index (κ2) is 14.8. The maximum atomic E-state index is 13.1. The predicted octanol–water partition coefficient (Wildman–Crippen LogP) is 3.23. The van der Waals surface area contributed by atoms with Crippen LogP contribution in [-0.2, 0) is 27.3 Å². The lowest BCUT2D eigenvalue weighted by atomic mass is 10.0. The lowest BCUT2D eigenvalue weighted by Crippen LogP contribution is -2.52. The van der Waals surface area contributed by atoms with Crippen LogP contribution in [0.1, 0.15) is 24.0 Å². The van der Waals surface area contributed by atoms with Crippen molar-refractivity contribution in [1.29, 1.82) is 0 Å². The number of nitrogens with one attached hydrogen (secondary N) is 1. The van der Waals surface area contributed by atoms with Gasteiger partial charge in [0.1, 0.15) is 6.04 Å². The van der Waals surface area contributed by atoms with E-state index in [0.717, 1.165) is 21.9 Å². The Labute approximate surface area is 224 Å². The van der Waals surface area contributed by atoms with Crippen molar-refractivity contribution in [2.24, 2.45) is 11.5 Å². The summed E-state index contributed by atoms with van der Waals surface area (Å²) in [6, 6.07) is 22.5. The maximum Gasteiger partial charge on any atom is 0.490 e. The van der Waals surface area contributed by atoms with Gasteiger partial charge in [0, 0.05) is 13.6 Å². The number of nitrogens with two attached hydrogens (primary N) is 2. The normalized spacial score (nSPS) is 12.6. The van der Waals surface area contributed by atoms with Gasteiger partial charge in [0.25, 0.3) is 0 Å². The number of likely N-dealkylation sites (N-methyl/N-ethyl adjacent to an activating group) is 1. The summed E-state index contributed by atoms with van der Waals surface area (Å²) in [4.78, 5) is 36.4. The van der Waals surface area contributed by atoms with Crippen molar-refractivity contribution < 1.29 is 32.7 Å². The molecule has 0 aliphatic carbocycles. The van der Waals surface area contributed by atoms with Crippen LogP contribution in [0, 0.1) is 0 Å². The molecule has 0 fully saturated rings. The van der Waals surface area contributed by atoms with E-state index < -0.39 is 24.2 Å². The molecule has 8 nitrogen and oxygen atoms in total. The molecule has 0 heterocycles. The number of carbonyl (C=O) groups excluding carboxylic acids is 2. The van der Waals surface area contributed by atoms with E-state index in [2.05, 4.69) is 11.4 Å². The Bertz CT molecular complexity index is 1240. The van der Waals surface area contributed by atoms with E-state index in [1.807, 2.05) is 66.7 Å². The zero-order valence-corrected chi connectivity index (χ0v) is 21.5. The zero-order valence-electron chi connectivity index (χ0n) is 21.5. The quantitative estimate of drug-likeness (QED) is 0.308. The lowest BCUT2D eigenvalue weighted by molar-refractivity contribution is -0.192. The summed E-state index contributed by atoms with van der Waals surface area (Å²) in [6.45, 7) is 0.859. The summed E-state index contributed by atoms with van der Waals surface area (Å²) >= 11 is 0. The van der Waals surface area contributed by atoms with Crippen LogP contribution in [-0.4, -0.2) is 59.6 Å². The standard InChI is InChI=1S/C26H32N4O2.C2HF3O2/c1-30(24(12-7-15-27)25(31)29-18-19-8-3-2-4-9-19)26(32)23(28)17-20-13-14-21-10-5-6-11-22(21)16-20;3-2(4,5)1(6)7/h2-6,8-11,13-14,16,23-24H,7,12,15,17-18,27-28H2,1H3,(H,29,31);(H,6,7). The number of amides is 2. The van der Waals surface area contributed by atoms with Crippen molar-refractivity contribution in [3.8, 4) is 0 Å². The van der Waals surface area contributed by atoms with Crippen LogP contribution in [0.25, 0.3) is 10.8 Å². The van der Waals surface area contributed by atoms with Crippen LogP contribution >= 0.6 is 0 Å². The Morgan fingerprint density at radius 3 is 2.13 bits per heavy atom. The first-order valence-corrected chi connectivity index (χ1v) is 12.3. The summed E-state index contributed by atoms with van der Waals surface area (Å²) in [7, 11) is 1.64. The first-order chi connectivity index (χ1) is 18.4. The highest BCUT2D eigenvalue weighted by molar-refractivity contribution is 5.90. The smallest absolute Gasteiger partial charge is 0.475 e. The van der Waals surface area contributed by atoms with Gasteiger partial charge < -0.3 is 26.8 Å². The van der Waals surface area contributed by atoms with Crippen LogP contribution in [0.5, 0.6) is 0 Å².